The molecular formula is C14H16N4O2S. The van der Waals surface area contributed by atoms with Crippen LogP contribution in [0.5, 0.6) is 5.06 Å². The van der Waals surface area contributed by atoms with E-state index in [9.17, 15) is 4.79 Å². The van der Waals surface area contributed by atoms with Gasteiger partial charge in [0.1, 0.15) is 0 Å². The summed E-state index contributed by atoms with van der Waals surface area (Å²) in [6.07, 6.45) is 7.12. The Balaban J connectivity index is 1.71. The van der Waals surface area contributed by atoms with Crippen molar-refractivity contribution in [2.24, 2.45) is 0 Å². The van der Waals surface area contributed by atoms with Gasteiger partial charge < -0.3 is 9.64 Å². The van der Waals surface area contributed by atoms with E-state index in [1.54, 1.807) is 19.5 Å². The number of amides is 2. The van der Waals surface area contributed by atoms with Gasteiger partial charge in [0, 0.05) is 18.9 Å². The molecule has 1 fully saturated rings. The van der Waals surface area contributed by atoms with Crippen molar-refractivity contribution in [3.63, 3.8) is 0 Å². The van der Waals surface area contributed by atoms with Crippen LogP contribution >= 0.6 is 11.3 Å². The monoisotopic (exact) mass is 304 g/mol. The summed E-state index contributed by atoms with van der Waals surface area (Å²) in [7, 11) is 1.58. The van der Waals surface area contributed by atoms with E-state index in [1.165, 1.54) is 11.3 Å². The molecule has 0 aromatic carbocycles. The minimum absolute atomic E-state index is 0.0838. The maximum Gasteiger partial charge on any atom is 0.324 e. The molecule has 2 aromatic heterocycles. The smallest absolute Gasteiger partial charge is 0.324 e. The Labute approximate surface area is 126 Å². The van der Waals surface area contributed by atoms with Crippen LogP contribution in [-0.4, -0.2) is 34.6 Å². The van der Waals surface area contributed by atoms with Crippen LogP contribution in [0.3, 0.4) is 0 Å². The average molecular weight is 304 g/mol. The van der Waals surface area contributed by atoms with Gasteiger partial charge in [-0.15, -0.1) is 0 Å². The Morgan fingerprint density at radius 3 is 3.14 bits per heavy atom. The number of anilines is 1. The quantitative estimate of drug-likeness (QED) is 0.946. The second-order valence-electron chi connectivity index (χ2n) is 4.76. The molecule has 1 aliphatic heterocycles. The molecule has 0 bridgehead atoms. The van der Waals surface area contributed by atoms with Crippen LogP contribution in [0.1, 0.15) is 24.4 Å². The fraction of sp³-hybridized carbons (Fsp3) is 0.357. The minimum Gasteiger partial charge on any atom is -0.486 e. The van der Waals surface area contributed by atoms with Gasteiger partial charge in [-0.1, -0.05) is 17.4 Å². The topological polar surface area (TPSA) is 67.3 Å². The van der Waals surface area contributed by atoms with Crippen LogP contribution < -0.4 is 10.1 Å². The summed E-state index contributed by atoms with van der Waals surface area (Å²) in [5.41, 5.74) is 1.07. The molecule has 1 aliphatic rings. The van der Waals surface area contributed by atoms with Crippen molar-refractivity contribution in [2.45, 2.75) is 18.9 Å². The van der Waals surface area contributed by atoms with E-state index >= 15 is 0 Å². The van der Waals surface area contributed by atoms with Crippen LogP contribution in [0.25, 0.3) is 0 Å². The molecule has 1 atom stereocenters. The first-order chi connectivity index (χ1) is 10.3. The van der Waals surface area contributed by atoms with Gasteiger partial charge in [-0.2, -0.15) is 0 Å². The number of methoxy groups -OCH3 is 1. The predicted octanol–water partition coefficient (Wildman–Crippen LogP) is 2.92. The molecule has 21 heavy (non-hydrogen) atoms. The molecule has 3 heterocycles. The summed E-state index contributed by atoms with van der Waals surface area (Å²) in [6, 6.07) is 3.87. The average Bonchev–Trinajstić information content (AvgIpc) is 3.17. The van der Waals surface area contributed by atoms with Gasteiger partial charge in [-0.25, -0.2) is 9.78 Å². The molecule has 3 rings (SSSR count). The number of urea groups is 1. The lowest BCUT2D eigenvalue weighted by Gasteiger charge is -2.24. The zero-order valence-electron chi connectivity index (χ0n) is 11.7. The fourth-order valence-corrected chi connectivity index (χ4v) is 3.13. The van der Waals surface area contributed by atoms with Gasteiger partial charge in [0.05, 0.1) is 19.3 Å². The highest BCUT2D eigenvalue weighted by atomic mass is 32.1. The van der Waals surface area contributed by atoms with Crippen LogP contribution in [-0.2, 0) is 0 Å². The Morgan fingerprint density at radius 1 is 1.52 bits per heavy atom. The molecule has 0 saturated carbocycles. The SMILES string of the molecule is COc1cnc(NC(=O)N2CCCC2c2cccnc2)s1. The maximum atomic E-state index is 12.4. The van der Waals surface area contributed by atoms with E-state index in [0.717, 1.165) is 24.9 Å². The van der Waals surface area contributed by atoms with Gasteiger partial charge >= 0.3 is 6.03 Å². The van der Waals surface area contributed by atoms with Crippen LogP contribution in [0.2, 0.25) is 0 Å². The van der Waals surface area contributed by atoms with Crippen molar-refractivity contribution in [3.05, 3.63) is 36.3 Å². The van der Waals surface area contributed by atoms with Crippen LogP contribution in [0.15, 0.2) is 30.7 Å². The molecule has 0 aliphatic carbocycles. The van der Waals surface area contributed by atoms with E-state index in [2.05, 4.69) is 15.3 Å². The van der Waals surface area contributed by atoms with Crippen molar-refractivity contribution >= 4 is 22.5 Å². The van der Waals surface area contributed by atoms with Gasteiger partial charge in [0.15, 0.2) is 10.2 Å². The summed E-state index contributed by atoms with van der Waals surface area (Å²) < 4.78 is 5.08. The molecule has 6 nitrogen and oxygen atoms in total. The van der Waals surface area contributed by atoms with Crippen LogP contribution in [0.4, 0.5) is 9.93 Å². The van der Waals surface area contributed by atoms with Gasteiger partial charge in [-0.3, -0.25) is 10.3 Å². The third-order valence-corrected chi connectivity index (χ3v) is 4.36. The van der Waals surface area contributed by atoms with E-state index in [0.29, 0.717) is 10.2 Å². The molecule has 2 aromatic rings. The summed E-state index contributed by atoms with van der Waals surface area (Å²) in [4.78, 5) is 22.5. The van der Waals surface area contributed by atoms with Gasteiger partial charge in [-0.05, 0) is 24.5 Å². The maximum absolute atomic E-state index is 12.4. The summed E-state index contributed by atoms with van der Waals surface area (Å²) in [6.45, 7) is 0.744. The Morgan fingerprint density at radius 2 is 2.43 bits per heavy atom. The number of hydrogen-bond donors (Lipinski definition) is 1. The molecule has 7 heteroatoms. The van der Waals surface area contributed by atoms with Gasteiger partial charge in [0.2, 0.25) is 0 Å². The van der Waals surface area contributed by atoms with E-state index < -0.39 is 0 Å². The lowest BCUT2D eigenvalue weighted by Crippen LogP contribution is -2.34. The molecule has 2 amide bonds. The number of thiazole rings is 1. The van der Waals surface area contributed by atoms with Crippen molar-refractivity contribution in [3.8, 4) is 5.06 Å². The Hall–Kier alpha value is -2.15. The zero-order valence-corrected chi connectivity index (χ0v) is 12.5. The number of carbonyl (C=O) groups is 1. The number of pyridine rings is 1. The number of aromatic nitrogens is 2. The highest BCUT2D eigenvalue weighted by Crippen LogP contribution is 2.32. The molecule has 0 radical (unpaired) electrons. The van der Waals surface area contributed by atoms with Crippen molar-refractivity contribution < 1.29 is 9.53 Å². The third kappa shape index (κ3) is 2.97. The number of likely N-dealkylation sites (tertiary alicyclic amines) is 1. The van der Waals surface area contributed by atoms with Crippen molar-refractivity contribution in [1.29, 1.82) is 0 Å². The lowest BCUT2D eigenvalue weighted by atomic mass is 10.1. The predicted molar refractivity (Wildman–Crippen MR) is 80.6 cm³/mol. The standard InChI is InChI=1S/C14H16N4O2S/c1-20-12-9-16-13(21-12)17-14(19)18-7-3-5-11(18)10-4-2-6-15-8-10/h2,4,6,8-9,11H,3,5,7H2,1H3,(H,16,17,19). The minimum atomic E-state index is -0.127. The van der Waals surface area contributed by atoms with Crippen molar-refractivity contribution in [2.75, 3.05) is 19.0 Å². The molecule has 1 N–H and O–H groups in total. The number of rotatable bonds is 3. The normalized spacial score (nSPS) is 17.8. The second-order valence-corrected chi connectivity index (χ2v) is 5.75. The first-order valence-corrected chi connectivity index (χ1v) is 7.57. The first-order valence-electron chi connectivity index (χ1n) is 6.75. The highest BCUT2D eigenvalue weighted by Gasteiger charge is 2.30. The number of carbonyl (C=O) groups excluding carboxylic acids is 1. The fourth-order valence-electron chi connectivity index (χ4n) is 2.50. The molecule has 0 spiro atoms. The summed E-state index contributed by atoms with van der Waals surface area (Å²) in [5, 5.41) is 4.06. The highest BCUT2D eigenvalue weighted by molar-refractivity contribution is 7.17. The van der Waals surface area contributed by atoms with Crippen molar-refractivity contribution in [1.82, 2.24) is 14.9 Å². The summed E-state index contributed by atoms with van der Waals surface area (Å²) in [5.74, 6) is 0. The summed E-state index contributed by atoms with van der Waals surface area (Å²) >= 11 is 1.31. The zero-order chi connectivity index (χ0) is 14.7. The molecule has 1 saturated heterocycles. The Bertz CT molecular complexity index is 616. The molecule has 110 valence electrons. The third-order valence-electron chi connectivity index (χ3n) is 3.48. The number of hydrogen-bond acceptors (Lipinski definition) is 5. The van der Waals surface area contributed by atoms with E-state index in [4.69, 9.17) is 4.74 Å². The second kappa shape index (κ2) is 6.09. The number of nitrogens with one attached hydrogen (secondary N) is 1. The lowest BCUT2D eigenvalue weighted by molar-refractivity contribution is 0.207. The number of nitrogens with zero attached hydrogens (tertiary/aromatic N) is 3. The molecule has 1 unspecified atom stereocenters. The first kappa shape index (κ1) is 13.8. The molecular weight excluding hydrogens is 288 g/mol. The Kier molecular flexibility index (Phi) is 4.01. The van der Waals surface area contributed by atoms with E-state index in [1.807, 2.05) is 23.2 Å². The number of ether oxygens (including phenoxy) is 1. The van der Waals surface area contributed by atoms with Crippen LogP contribution in [0, 0.1) is 0 Å². The van der Waals surface area contributed by atoms with Gasteiger partial charge in [0.25, 0.3) is 0 Å². The largest absolute Gasteiger partial charge is 0.486 e. The van der Waals surface area contributed by atoms with E-state index in [-0.39, 0.29) is 12.1 Å².